The molecular formula is C8H16N2O2. The van der Waals surface area contributed by atoms with Gasteiger partial charge < -0.3 is 15.0 Å². The van der Waals surface area contributed by atoms with Gasteiger partial charge >= 0.3 is 6.09 Å². The van der Waals surface area contributed by atoms with Crippen LogP contribution in [0.15, 0.2) is 0 Å². The minimum absolute atomic E-state index is 0.177. The summed E-state index contributed by atoms with van der Waals surface area (Å²) in [7, 11) is 1.91. The molecule has 0 aromatic rings. The summed E-state index contributed by atoms with van der Waals surface area (Å²) < 4.78 is 4.81. The molecule has 0 bridgehead atoms. The minimum Gasteiger partial charge on any atom is -0.448 e. The summed E-state index contributed by atoms with van der Waals surface area (Å²) in [6, 6.07) is 0.385. The minimum atomic E-state index is -0.177. The molecule has 0 radical (unpaired) electrons. The van der Waals surface area contributed by atoms with E-state index in [-0.39, 0.29) is 6.09 Å². The van der Waals surface area contributed by atoms with Gasteiger partial charge in [-0.3, -0.25) is 0 Å². The zero-order chi connectivity index (χ0) is 8.97. The Morgan fingerprint density at radius 1 is 1.75 bits per heavy atom. The van der Waals surface area contributed by atoms with Crippen LogP contribution in [0.1, 0.15) is 13.3 Å². The van der Waals surface area contributed by atoms with Crippen LogP contribution < -0.4 is 5.32 Å². The molecule has 1 amide bonds. The lowest BCUT2D eigenvalue weighted by molar-refractivity contribution is 0.156. The predicted molar refractivity (Wildman–Crippen MR) is 46.1 cm³/mol. The molecule has 1 aliphatic rings. The highest BCUT2D eigenvalue weighted by molar-refractivity contribution is 5.69. The first-order valence-corrected chi connectivity index (χ1v) is 4.37. The van der Waals surface area contributed by atoms with E-state index in [9.17, 15) is 4.79 Å². The van der Waals surface area contributed by atoms with Gasteiger partial charge in [0.15, 0.2) is 0 Å². The van der Waals surface area contributed by atoms with Crippen molar-refractivity contribution in [2.24, 2.45) is 0 Å². The van der Waals surface area contributed by atoms with E-state index < -0.39 is 0 Å². The number of cyclic esters (lactones) is 1. The van der Waals surface area contributed by atoms with Gasteiger partial charge in [-0.15, -0.1) is 0 Å². The molecule has 0 saturated carbocycles. The Morgan fingerprint density at radius 2 is 2.50 bits per heavy atom. The van der Waals surface area contributed by atoms with Crippen molar-refractivity contribution in [3.63, 3.8) is 0 Å². The number of nitrogens with one attached hydrogen (secondary N) is 1. The zero-order valence-electron chi connectivity index (χ0n) is 7.67. The van der Waals surface area contributed by atoms with Gasteiger partial charge in [-0.1, -0.05) is 6.92 Å². The Balaban J connectivity index is 2.33. The molecule has 0 aliphatic carbocycles. The monoisotopic (exact) mass is 172 g/mol. The van der Waals surface area contributed by atoms with Crippen molar-refractivity contribution < 1.29 is 9.53 Å². The van der Waals surface area contributed by atoms with Crippen LogP contribution in [0.25, 0.3) is 0 Å². The molecule has 4 nitrogen and oxygen atoms in total. The fraction of sp³-hybridized carbons (Fsp3) is 0.875. The smallest absolute Gasteiger partial charge is 0.409 e. The highest BCUT2D eigenvalue weighted by Crippen LogP contribution is 2.04. The van der Waals surface area contributed by atoms with Crippen molar-refractivity contribution in [3.05, 3.63) is 0 Å². The van der Waals surface area contributed by atoms with Gasteiger partial charge in [0.1, 0.15) is 6.61 Å². The summed E-state index contributed by atoms with van der Waals surface area (Å²) in [5.74, 6) is 0. The number of hydrogen-bond donors (Lipinski definition) is 1. The number of nitrogens with zero attached hydrogens (tertiary/aromatic N) is 1. The average Bonchev–Trinajstić information content (AvgIpc) is 2.47. The highest BCUT2D eigenvalue weighted by atomic mass is 16.6. The molecule has 1 rings (SSSR count). The first-order chi connectivity index (χ1) is 5.77. The van der Waals surface area contributed by atoms with Crippen molar-refractivity contribution in [3.8, 4) is 0 Å². The molecular weight excluding hydrogens is 156 g/mol. The number of ether oxygens (including phenoxy) is 1. The maximum absolute atomic E-state index is 11.0. The zero-order valence-corrected chi connectivity index (χ0v) is 7.67. The van der Waals surface area contributed by atoms with Gasteiger partial charge in [-0.05, 0) is 13.5 Å². The number of hydrogen-bond acceptors (Lipinski definition) is 3. The van der Waals surface area contributed by atoms with Gasteiger partial charge in [0.25, 0.3) is 0 Å². The lowest BCUT2D eigenvalue weighted by atomic mass is 10.2. The maximum Gasteiger partial charge on any atom is 0.409 e. The molecule has 4 heteroatoms. The first kappa shape index (κ1) is 9.32. The third-order valence-corrected chi connectivity index (χ3v) is 2.19. The molecule has 1 aliphatic heterocycles. The third kappa shape index (κ3) is 2.11. The van der Waals surface area contributed by atoms with Crippen LogP contribution in [0.5, 0.6) is 0 Å². The van der Waals surface area contributed by atoms with E-state index in [1.807, 2.05) is 7.05 Å². The number of carbonyl (C=O) groups excluding carboxylic acids is 1. The Hall–Kier alpha value is -0.770. The predicted octanol–water partition coefficient (Wildman–Crippen LogP) is 0.437. The molecule has 1 fully saturated rings. The van der Waals surface area contributed by atoms with Gasteiger partial charge in [0.05, 0.1) is 6.54 Å². The van der Waals surface area contributed by atoms with Gasteiger partial charge in [-0.25, -0.2) is 4.79 Å². The normalized spacial score (nSPS) is 19.5. The molecule has 0 aromatic carbocycles. The quantitative estimate of drug-likeness (QED) is 0.669. The summed E-state index contributed by atoms with van der Waals surface area (Å²) in [4.78, 5) is 12.8. The molecule has 12 heavy (non-hydrogen) atoms. The van der Waals surface area contributed by atoms with Crippen molar-refractivity contribution in [1.82, 2.24) is 10.2 Å². The Kier molecular flexibility index (Phi) is 3.34. The molecule has 1 saturated heterocycles. The average molecular weight is 172 g/mol. The van der Waals surface area contributed by atoms with E-state index in [0.29, 0.717) is 12.6 Å². The van der Waals surface area contributed by atoms with E-state index in [0.717, 1.165) is 19.5 Å². The van der Waals surface area contributed by atoms with E-state index in [4.69, 9.17) is 4.74 Å². The van der Waals surface area contributed by atoms with E-state index in [1.54, 1.807) is 4.90 Å². The van der Waals surface area contributed by atoms with Gasteiger partial charge in [0.2, 0.25) is 0 Å². The van der Waals surface area contributed by atoms with Crippen molar-refractivity contribution in [2.45, 2.75) is 19.4 Å². The summed E-state index contributed by atoms with van der Waals surface area (Å²) in [5, 5.41) is 3.15. The summed E-state index contributed by atoms with van der Waals surface area (Å²) in [6.07, 6.45) is 0.851. The Morgan fingerprint density at radius 3 is 2.92 bits per heavy atom. The Bertz CT molecular complexity index is 157. The lowest BCUT2D eigenvalue weighted by Gasteiger charge is -2.19. The standard InChI is InChI=1S/C8H16N2O2/c1-3-7(9-2)6-10-4-5-12-8(10)11/h7,9H,3-6H2,1-2H3. The van der Waals surface area contributed by atoms with Crippen LogP contribution in [0.4, 0.5) is 4.79 Å². The largest absolute Gasteiger partial charge is 0.448 e. The maximum atomic E-state index is 11.0. The molecule has 70 valence electrons. The van der Waals surface area contributed by atoms with E-state index >= 15 is 0 Å². The third-order valence-electron chi connectivity index (χ3n) is 2.19. The second-order valence-electron chi connectivity index (χ2n) is 2.95. The SMILES string of the molecule is CCC(CN1CCOC1=O)NC. The van der Waals surface area contributed by atoms with E-state index in [2.05, 4.69) is 12.2 Å². The van der Waals surface area contributed by atoms with Crippen LogP contribution in [0.3, 0.4) is 0 Å². The number of rotatable bonds is 4. The molecule has 0 aromatic heterocycles. The fourth-order valence-electron chi connectivity index (χ4n) is 1.28. The number of amides is 1. The fourth-order valence-corrected chi connectivity index (χ4v) is 1.28. The van der Waals surface area contributed by atoms with Crippen LogP contribution >= 0.6 is 0 Å². The second kappa shape index (κ2) is 4.30. The van der Waals surface area contributed by atoms with Crippen LogP contribution in [-0.2, 0) is 4.74 Å². The van der Waals surface area contributed by atoms with Gasteiger partial charge in [-0.2, -0.15) is 0 Å². The van der Waals surface area contributed by atoms with E-state index in [1.165, 1.54) is 0 Å². The van der Waals surface area contributed by atoms with Crippen molar-refractivity contribution in [1.29, 1.82) is 0 Å². The van der Waals surface area contributed by atoms with Crippen LogP contribution in [0, 0.1) is 0 Å². The van der Waals surface area contributed by atoms with Crippen LogP contribution in [0.2, 0.25) is 0 Å². The highest BCUT2D eigenvalue weighted by Gasteiger charge is 2.23. The second-order valence-corrected chi connectivity index (χ2v) is 2.95. The topological polar surface area (TPSA) is 41.6 Å². The van der Waals surface area contributed by atoms with Gasteiger partial charge in [0, 0.05) is 12.6 Å². The number of carbonyl (C=O) groups is 1. The Labute approximate surface area is 72.9 Å². The molecule has 1 heterocycles. The van der Waals surface area contributed by atoms with Crippen molar-refractivity contribution in [2.75, 3.05) is 26.7 Å². The van der Waals surface area contributed by atoms with Crippen LogP contribution in [-0.4, -0.2) is 43.8 Å². The lowest BCUT2D eigenvalue weighted by Crippen LogP contribution is -2.39. The number of likely N-dealkylation sites (N-methyl/N-ethyl adjacent to an activating group) is 1. The summed E-state index contributed by atoms with van der Waals surface area (Å²) in [5.41, 5.74) is 0. The molecule has 1 atom stereocenters. The molecule has 1 N–H and O–H groups in total. The molecule has 1 unspecified atom stereocenters. The first-order valence-electron chi connectivity index (χ1n) is 4.37. The molecule has 0 spiro atoms. The van der Waals surface area contributed by atoms with Crippen molar-refractivity contribution >= 4 is 6.09 Å². The summed E-state index contributed by atoms with van der Waals surface area (Å²) in [6.45, 7) is 4.13. The summed E-state index contributed by atoms with van der Waals surface area (Å²) >= 11 is 0.